The van der Waals surface area contributed by atoms with Gasteiger partial charge in [0.2, 0.25) is 5.91 Å². The van der Waals surface area contributed by atoms with E-state index in [2.05, 4.69) is 10.3 Å². The van der Waals surface area contributed by atoms with Crippen molar-refractivity contribution in [3.8, 4) is 6.07 Å². The number of aromatic nitrogens is 1. The summed E-state index contributed by atoms with van der Waals surface area (Å²) in [6.45, 7) is 1.92. The zero-order chi connectivity index (χ0) is 28.2. The Morgan fingerprint density at radius 2 is 1.88 bits per heavy atom. The number of para-hydroxylation sites is 1. The molecule has 1 N–H and O–H groups in total. The van der Waals surface area contributed by atoms with Crippen LogP contribution in [-0.2, 0) is 22.4 Å². The van der Waals surface area contributed by atoms with Crippen LogP contribution in [0.15, 0.2) is 89.6 Å². The Kier molecular flexibility index (Phi) is 8.57. The highest BCUT2D eigenvalue weighted by Crippen LogP contribution is 2.42. The summed E-state index contributed by atoms with van der Waals surface area (Å²) in [4.78, 5) is 33.7. The van der Waals surface area contributed by atoms with Crippen molar-refractivity contribution in [2.75, 3.05) is 10.2 Å². The third-order valence-electron chi connectivity index (χ3n) is 6.22. The molecule has 6 nitrogen and oxygen atoms in total. The number of nitrogens with one attached hydrogen (secondary N) is 1. The normalized spacial score (nSPS) is 16.1. The first-order chi connectivity index (χ1) is 19.3. The molecule has 1 fully saturated rings. The number of thioether (sulfide) groups is 1. The van der Waals surface area contributed by atoms with Crippen molar-refractivity contribution in [2.45, 2.75) is 25.0 Å². The maximum absolute atomic E-state index is 13.7. The lowest BCUT2D eigenvalue weighted by molar-refractivity contribution is -0.117. The second-order valence-corrected chi connectivity index (χ2v) is 12.2. The van der Waals surface area contributed by atoms with Crippen LogP contribution in [0.2, 0.25) is 10.0 Å². The van der Waals surface area contributed by atoms with Gasteiger partial charge in [0.05, 0.1) is 5.25 Å². The van der Waals surface area contributed by atoms with Gasteiger partial charge < -0.3 is 0 Å². The van der Waals surface area contributed by atoms with E-state index in [1.54, 1.807) is 30.5 Å². The summed E-state index contributed by atoms with van der Waals surface area (Å²) < 4.78 is 0. The zero-order valence-corrected chi connectivity index (χ0v) is 24.4. The molecular weight excluding hydrogens is 583 g/mol. The van der Waals surface area contributed by atoms with Crippen LogP contribution in [0.1, 0.15) is 21.6 Å². The van der Waals surface area contributed by atoms with Gasteiger partial charge in [-0.25, -0.2) is 4.98 Å². The molecule has 200 valence electrons. The lowest BCUT2D eigenvalue weighted by Gasteiger charge is -2.18. The maximum Gasteiger partial charge on any atom is 0.270 e. The molecule has 0 saturated carbocycles. The summed E-state index contributed by atoms with van der Waals surface area (Å²) in [5, 5.41) is 14.2. The van der Waals surface area contributed by atoms with Crippen molar-refractivity contribution < 1.29 is 9.59 Å². The van der Waals surface area contributed by atoms with Crippen molar-refractivity contribution in [3.05, 3.63) is 121 Å². The molecule has 0 spiro atoms. The Hall–Kier alpha value is -3.61. The van der Waals surface area contributed by atoms with E-state index in [4.69, 9.17) is 23.2 Å². The summed E-state index contributed by atoms with van der Waals surface area (Å²) in [7, 11) is 0. The first-order valence-electron chi connectivity index (χ1n) is 12.3. The average molecular weight is 606 g/mol. The zero-order valence-electron chi connectivity index (χ0n) is 21.2. The molecule has 40 heavy (non-hydrogen) atoms. The monoisotopic (exact) mass is 604 g/mol. The number of carbonyl (C=O) groups excluding carboxylic acids is 2. The number of nitriles is 1. The van der Waals surface area contributed by atoms with Crippen LogP contribution in [0.3, 0.4) is 0 Å². The molecule has 4 aromatic rings. The van der Waals surface area contributed by atoms with Gasteiger partial charge in [-0.3, -0.25) is 19.8 Å². The van der Waals surface area contributed by atoms with Crippen LogP contribution in [0, 0.1) is 18.3 Å². The quantitative estimate of drug-likeness (QED) is 0.175. The van der Waals surface area contributed by atoms with Crippen molar-refractivity contribution >= 4 is 68.9 Å². The summed E-state index contributed by atoms with van der Waals surface area (Å²) >= 11 is 14.9. The van der Waals surface area contributed by atoms with E-state index in [-0.39, 0.29) is 16.5 Å². The van der Waals surface area contributed by atoms with E-state index in [1.807, 2.05) is 61.5 Å². The number of amides is 2. The molecule has 0 radical (unpaired) electrons. The SMILES string of the molecule is Cc1ccc(CC2S/C(=C(/C#N)C(=O)Nc3ncc(Cc4cccc(Cl)c4)s3)N(c3ccccc3)C2=O)cc1Cl. The minimum Gasteiger partial charge on any atom is -0.297 e. The van der Waals surface area contributed by atoms with E-state index in [1.165, 1.54) is 28.0 Å². The minimum absolute atomic E-state index is 0.154. The summed E-state index contributed by atoms with van der Waals surface area (Å²) in [5.74, 6) is -0.831. The number of benzene rings is 3. The first-order valence-corrected chi connectivity index (χ1v) is 14.7. The van der Waals surface area contributed by atoms with Gasteiger partial charge in [0.25, 0.3) is 5.91 Å². The topological polar surface area (TPSA) is 86.1 Å². The van der Waals surface area contributed by atoms with Crippen molar-refractivity contribution in [1.29, 1.82) is 5.26 Å². The Morgan fingerprint density at radius 1 is 1.07 bits per heavy atom. The Balaban J connectivity index is 1.41. The molecule has 1 aliphatic heterocycles. The number of nitrogens with zero attached hydrogens (tertiary/aromatic N) is 3. The predicted molar refractivity (Wildman–Crippen MR) is 163 cm³/mol. The molecule has 2 heterocycles. The van der Waals surface area contributed by atoms with Crippen LogP contribution in [0.5, 0.6) is 0 Å². The number of hydrogen-bond acceptors (Lipinski definition) is 6. The van der Waals surface area contributed by atoms with Gasteiger partial charge in [-0.1, -0.05) is 77.4 Å². The second kappa shape index (κ2) is 12.3. The van der Waals surface area contributed by atoms with E-state index in [9.17, 15) is 14.9 Å². The molecule has 10 heteroatoms. The van der Waals surface area contributed by atoms with E-state index >= 15 is 0 Å². The number of aryl methyl sites for hydroxylation is 1. The molecule has 1 unspecified atom stereocenters. The average Bonchev–Trinajstić information content (AvgIpc) is 3.50. The molecule has 1 atom stereocenters. The lowest BCUT2D eigenvalue weighted by Crippen LogP contribution is -2.30. The maximum atomic E-state index is 13.7. The first kappa shape index (κ1) is 27.9. The molecule has 1 aliphatic rings. The number of carbonyl (C=O) groups is 2. The van der Waals surface area contributed by atoms with Gasteiger partial charge in [0.1, 0.15) is 16.7 Å². The predicted octanol–water partition coefficient (Wildman–Crippen LogP) is 7.41. The summed E-state index contributed by atoms with van der Waals surface area (Å²) in [6, 6.07) is 24.3. The largest absolute Gasteiger partial charge is 0.297 e. The van der Waals surface area contributed by atoms with Crippen molar-refractivity contribution in [3.63, 3.8) is 0 Å². The van der Waals surface area contributed by atoms with Gasteiger partial charge in [0, 0.05) is 33.2 Å². The fraction of sp³-hybridized carbons (Fsp3) is 0.133. The van der Waals surface area contributed by atoms with E-state index in [0.717, 1.165) is 21.6 Å². The van der Waals surface area contributed by atoms with Gasteiger partial charge in [-0.15, -0.1) is 11.3 Å². The highest BCUT2D eigenvalue weighted by Gasteiger charge is 2.41. The molecule has 1 aromatic heterocycles. The number of rotatable bonds is 7. The van der Waals surface area contributed by atoms with Gasteiger partial charge in [0.15, 0.2) is 5.13 Å². The third-order valence-corrected chi connectivity index (χ3v) is 9.04. The Labute approximate surface area is 250 Å². The molecule has 0 aliphatic carbocycles. The molecule has 3 aromatic carbocycles. The van der Waals surface area contributed by atoms with Crippen molar-refractivity contribution in [1.82, 2.24) is 4.98 Å². The number of halogens is 2. The highest BCUT2D eigenvalue weighted by atomic mass is 35.5. The molecular formula is C30H22Cl2N4O2S2. The lowest BCUT2D eigenvalue weighted by atomic mass is 10.1. The highest BCUT2D eigenvalue weighted by molar-refractivity contribution is 8.05. The van der Waals surface area contributed by atoms with Crippen LogP contribution in [-0.4, -0.2) is 22.0 Å². The Morgan fingerprint density at radius 3 is 2.60 bits per heavy atom. The van der Waals surface area contributed by atoms with Gasteiger partial charge in [-0.05, 0) is 60.4 Å². The van der Waals surface area contributed by atoms with Gasteiger partial charge in [-0.2, -0.15) is 5.26 Å². The van der Waals surface area contributed by atoms with Crippen molar-refractivity contribution in [2.24, 2.45) is 0 Å². The third kappa shape index (κ3) is 6.24. The second-order valence-electron chi connectivity index (χ2n) is 9.09. The summed E-state index contributed by atoms with van der Waals surface area (Å²) in [6.07, 6.45) is 2.69. The minimum atomic E-state index is -0.624. The fourth-order valence-corrected chi connectivity index (χ4v) is 6.80. The standard InChI is InChI=1S/C30H22Cl2N4O2S2/c1-18-10-11-20(14-25(18)32)15-26-28(38)36(22-8-3-2-4-9-22)29(40-26)24(16-33)27(37)35-30-34-17-23(39-30)13-19-6-5-7-21(31)12-19/h2-12,14,17,26H,13,15H2,1H3,(H,34,35,37)/b29-24-. The molecule has 2 amide bonds. The number of hydrogen-bond donors (Lipinski definition) is 1. The smallest absolute Gasteiger partial charge is 0.270 e. The number of anilines is 2. The van der Waals surface area contributed by atoms with Crippen LogP contribution in [0.25, 0.3) is 0 Å². The molecule has 5 rings (SSSR count). The van der Waals surface area contributed by atoms with Crippen LogP contribution >= 0.6 is 46.3 Å². The van der Waals surface area contributed by atoms with Crippen LogP contribution < -0.4 is 10.2 Å². The number of thiazole rings is 1. The molecule has 1 saturated heterocycles. The van der Waals surface area contributed by atoms with E-state index < -0.39 is 11.2 Å². The fourth-order valence-electron chi connectivity index (χ4n) is 4.23. The molecule has 0 bridgehead atoms. The summed E-state index contributed by atoms with van der Waals surface area (Å²) in [5.41, 5.74) is 3.29. The van der Waals surface area contributed by atoms with Crippen LogP contribution in [0.4, 0.5) is 10.8 Å². The van der Waals surface area contributed by atoms with E-state index in [0.29, 0.717) is 33.7 Å². The Bertz CT molecular complexity index is 1660. The van der Waals surface area contributed by atoms with Gasteiger partial charge >= 0.3 is 0 Å².